The molecule has 3 amide bonds. The minimum atomic E-state index is -1.07. The third-order valence-electron chi connectivity index (χ3n) is 6.01. The second-order valence-corrected chi connectivity index (χ2v) is 8.31. The zero-order valence-corrected chi connectivity index (χ0v) is 19.0. The Morgan fingerprint density at radius 2 is 1.34 bits per heavy atom. The lowest BCUT2D eigenvalue weighted by atomic mass is 10.0. The highest BCUT2D eigenvalue weighted by Gasteiger charge is 2.28. The van der Waals surface area contributed by atoms with Gasteiger partial charge in [-0.3, -0.25) is 14.4 Å². The number of benzene rings is 3. The van der Waals surface area contributed by atoms with Gasteiger partial charge < -0.3 is 15.1 Å². The third kappa shape index (κ3) is 5.90. The molecule has 0 spiro atoms. The Bertz CT molecular complexity index is 1200. The number of nitrogens with one attached hydrogen (secondary N) is 1. The number of rotatable bonds is 6. The van der Waals surface area contributed by atoms with Crippen LogP contribution in [0, 0.1) is 11.6 Å². The topological polar surface area (TPSA) is 69.7 Å². The van der Waals surface area contributed by atoms with Gasteiger partial charge in [0.15, 0.2) is 11.6 Å². The second-order valence-electron chi connectivity index (χ2n) is 8.31. The number of carbonyl (C=O) groups excluding carboxylic acids is 3. The summed E-state index contributed by atoms with van der Waals surface area (Å²) in [7, 11) is 0. The minimum absolute atomic E-state index is 0.0662. The zero-order chi connectivity index (χ0) is 24.8. The molecule has 3 aromatic rings. The molecule has 35 heavy (non-hydrogen) atoms. The molecule has 8 heteroatoms. The van der Waals surface area contributed by atoms with Crippen LogP contribution in [0.3, 0.4) is 0 Å². The van der Waals surface area contributed by atoms with Gasteiger partial charge in [0.25, 0.3) is 11.8 Å². The molecule has 1 unspecified atom stereocenters. The number of nitrogens with zero attached hydrogens (tertiary/aromatic N) is 2. The van der Waals surface area contributed by atoms with Crippen molar-refractivity contribution in [3.8, 4) is 0 Å². The number of amides is 3. The van der Waals surface area contributed by atoms with Crippen LogP contribution in [-0.4, -0.2) is 53.7 Å². The van der Waals surface area contributed by atoms with Gasteiger partial charge in [0.1, 0.15) is 0 Å². The number of carbonyl (C=O) groups is 3. The maximum Gasteiger partial charge on any atom is 0.254 e. The Morgan fingerprint density at radius 1 is 0.743 bits per heavy atom. The van der Waals surface area contributed by atoms with E-state index >= 15 is 0 Å². The van der Waals surface area contributed by atoms with Gasteiger partial charge in [-0.05, 0) is 35.9 Å². The van der Waals surface area contributed by atoms with Crippen LogP contribution in [-0.2, 0) is 4.79 Å². The van der Waals surface area contributed by atoms with Gasteiger partial charge in [-0.1, -0.05) is 48.5 Å². The van der Waals surface area contributed by atoms with E-state index < -0.39 is 23.6 Å². The molecule has 0 aromatic heterocycles. The molecule has 1 N–H and O–H groups in total. The van der Waals surface area contributed by atoms with Crippen molar-refractivity contribution in [1.29, 1.82) is 0 Å². The predicted octanol–water partition coefficient (Wildman–Crippen LogP) is 3.81. The Hall–Kier alpha value is -4.07. The van der Waals surface area contributed by atoms with Crippen molar-refractivity contribution in [1.82, 2.24) is 15.1 Å². The van der Waals surface area contributed by atoms with Crippen molar-refractivity contribution in [3.05, 3.63) is 107 Å². The fourth-order valence-electron chi connectivity index (χ4n) is 4.04. The van der Waals surface area contributed by atoms with Crippen LogP contribution < -0.4 is 5.32 Å². The summed E-state index contributed by atoms with van der Waals surface area (Å²) in [5.41, 5.74) is 1.39. The van der Waals surface area contributed by atoms with Crippen LogP contribution in [0.15, 0.2) is 78.9 Å². The quantitative estimate of drug-likeness (QED) is 0.587. The Balaban J connectivity index is 1.39. The molecule has 1 fully saturated rings. The molecule has 4 rings (SSSR count). The average molecular weight is 478 g/mol. The number of hydrogen-bond donors (Lipinski definition) is 1. The molecule has 0 bridgehead atoms. The molecule has 1 aliphatic heterocycles. The average Bonchev–Trinajstić information content (AvgIpc) is 2.90. The predicted molar refractivity (Wildman–Crippen MR) is 127 cm³/mol. The van der Waals surface area contributed by atoms with Crippen molar-refractivity contribution in [3.63, 3.8) is 0 Å². The lowest BCUT2D eigenvalue weighted by Crippen LogP contribution is -2.51. The van der Waals surface area contributed by atoms with Crippen molar-refractivity contribution in [2.24, 2.45) is 0 Å². The number of hydrogen-bond acceptors (Lipinski definition) is 3. The zero-order valence-electron chi connectivity index (χ0n) is 19.0. The van der Waals surface area contributed by atoms with Crippen LogP contribution >= 0.6 is 0 Å². The van der Waals surface area contributed by atoms with Crippen LogP contribution in [0.5, 0.6) is 0 Å². The van der Waals surface area contributed by atoms with E-state index in [0.717, 1.165) is 17.7 Å². The summed E-state index contributed by atoms with van der Waals surface area (Å²) in [6.07, 6.45) is 0.0692. The molecule has 1 atom stereocenters. The summed E-state index contributed by atoms with van der Waals surface area (Å²) in [5.74, 6) is -2.91. The molecule has 0 saturated carbocycles. The largest absolute Gasteiger partial charge is 0.345 e. The standard InChI is InChI=1S/C27H25F2N3O3/c28-22-12-11-21(17-23(22)29)27(35)32-15-13-31(14-16-32)25(33)18-24(19-7-3-1-4-8-19)30-26(34)20-9-5-2-6-10-20/h1-12,17,24H,13-16,18H2,(H,30,34). The molecule has 3 aromatic carbocycles. The van der Waals surface area contributed by atoms with Crippen molar-refractivity contribution < 1.29 is 23.2 Å². The van der Waals surface area contributed by atoms with Crippen LogP contribution in [0.2, 0.25) is 0 Å². The second kappa shape index (κ2) is 10.9. The monoisotopic (exact) mass is 477 g/mol. The Kier molecular flexibility index (Phi) is 7.50. The van der Waals surface area contributed by atoms with Gasteiger partial charge >= 0.3 is 0 Å². The van der Waals surface area contributed by atoms with E-state index in [2.05, 4.69) is 5.32 Å². The van der Waals surface area contributed by atoms with Gasteiger partial charge in [0, 0.05) is 37.3 Å². The molecule has 1 aliphatic rings. The smallest absolute Gasteiger partial charge is 0.254 e. The van der Waals surface area contributed by atoms with E-state index in [1.54, 1.807) is 29.2 Å². The fraction of sp³-hybridized carbons (Fsp3) is 0.222. The summed E-state index contributed by atoms with van der Waals surface area (Å²) < 4.78 is 26.7. The summed E-state index contributed by atoms with van der Waals surface area (Å²) in [6.45, 7) is 1.16. The highest BCUT2D eigenvalue weighted by Crippen LogP contribution is 2.20. The summed E-state index contributed by atoms with van der Waals surface area (Å²) in [5, 5.41) is 2.96. The maximum absolute atomic E-state index is 13.5. The van der Waals surface area contributed by atoms with Gasteiger partial charge in [-0.25, -0.2) is 8.78 Å². The minimum Gasteiger partial charge on any atom is -0.345 e. The summed E-state index contributed by atoms with van der Waals surface area (Å²) in [4.78, 5) is 41.7. The van der Waals surface area contributed by atoms with Crippen LogP contribution in [0.25, 0.3) is 0 Å². The van der Waals surface area contributed by atoms with Crippen molar-refractivity contribution in [2.45, 2.75) is 12.5 Å². The first-order valence-corrected chi connectivity index (χ1v) is 11.4. The first kappa shape index (κ1) is 24.1. The van der Waals surface area contributed by atoms with E-state index in [1.807, 2.05) is 36.4 Å². The molecule has 1 saturated heterocycles. The Labute approximate surface area is 202 Å². The molecule has 6 nitrogen and oxygen atoms in total. The first-order valence-electron chi connectivity index (χ1n) is 11.4. The maximum atomic E-state index is 13.5. The van der Waals surface area contributed by atoms with E-state index in [0.29, 0.717) is 18.7 Å². The summed E-state index contributed by atoms with van der Waals surface area (Å²) >= 11 is 0. The molecule has 1 heterocycles. The van der Waals surface area contributed by atoms with Crippen LogP contribution in [0.4, 0.5) is 8.78 Å². The van der Waals surface area contributed by atoms with E-state index in [1.165, 1.54) is 11.0 Å². The first-order chi connectivity index (χ1) is 16.9. The molecule has 0 radical (unpaired) electrons. The van der Waals surface area contributed by atoms with E-state index in [9.17, 15) is 23.2 Å². The lowest BCUT2D eigenvalue weighted by molar-refractivity contribution is -0.133. The van der Waals surface area contributed by atoms with Gasteiger partial charge in [-0.15, -0.1) is 0 Å². The van der Waals surface area contributed by atoms with E-state index in [4.69, 9.17) is 0 Å². The number of halogens is 2. The van der Waals surface area contributed by atoms with Gasteiger partial charge in [-0.2, -0.15) is 0 Å². The normalized spacial score (nSPS) is 14.3. The van der Waals surface area contributed by atoms with E-state index in [-0.39, 0.29) is 36.9 Å². The van der Waals surface area contributed by atoms with Crippen molar-refractivity contribution in [2.75, 3.05) is 26.2 Å². The SMILES string of the molecule is O=C(NC(CC(=O)N1CCN(C(=O)c2ccc(F)c(F)c2)CC1)c1ccccc1)c1ccccc1. The Morgan fingerprint density at radius 3 is 1.97 bits per heavy atom. The van der Waals surface area contributed by atoms with Crippen LogP contribution in [0.1, 0.15) is 38.7 Å². The molecular formula is C27H25F2N3O3. The van der Waals surface area contributed by atoms with Gasteiger partial charge in [0.05, 0.1) is 12.5 Å². The molecule has 180 valence electrons. The van der Waals surface area contributed by atoms with Gasteiger partial charge in [0.2, 0.25) is 5.91 Å². The third-order valence-corrected chi connectivity index (χ3v) is 6.01. The number of piperazine rings is 1. The molecule has 0 aliphatic carbocycles. The molecular weight excluding hydrogens is 452 g/mol. The highest BCUT2D eigenvalue weighted by molar-refractivity contribution is 5.95. The summed E-state index contributed by atoms with van der Waals surface area (Å²) in [6, 6.07) is 20.6. The lowest BCUT2D eigenvalue weighted by Gasteiger charge is -2.35. The highest BCUT2D eigenvalue weighted by atomic mass is 19.2. The fourth-order valence-corrected chi connectivity index (χ4v) is 4.04. The van der Waals surface area contributed by atoms with Crippen molar-refractivity contribution >= 4 is 17.7 Å².